The van der Waals surface area contributed by atoms with Gasteiger partial charge in [-0.25, -0.2) is 0 Å². The third-order valence-electron chi connectivity index (χ3n) is 3.80. The SMILES string of the molecule is Cc1cccc(N[C@@H]2CO[C@]3(CCNC3)C2)c1. The molecule has 0 radical (unpaired) electrons. The second kappa shape index (κ2) is 4.31. The molecule has 2 fully saturated rings. The van der Waals surface area contributed by atoms with Crippen LogP contribution < -0.4 is 10.6 Å². The predicted molar refractivity (Wildman–Crippen MR) is 69.4 cm³/mol. The van der Waals surface area contributed by atoms with Gasteiger partial charge in [-0.2, -0.15) is 0 Å². The Hall–Kier alpha value is -1.06. The van der Waals surface area contributed by atoms with Crippen molar-refractivity contribution in [1.82, 2.24) is 5.32 Å². The molecule has 92 valence electrons. The molecule has 2 saturated heterocycles. The summed E-state index contributed by atoms with van der Waals surface area (Å²) in [4.78, 5) is 0. The van der Waals surface area contributed by atoms with Gasteiger partial charge in [0.25, 0.3) is 0 Å². The van der Waals surface area contributed by atoms with Gasteiger partial charge in [-0.3, -0.25) is 0 Å². The summed E-state index contributed by atoms with van der Waals surface area (Å²) in [5.74, 6) is 0. The van der Waals surface area contributed by atoms with Gasteiger partial charge < -0.3 is 15.4 Å². The summed E-state index contributed by atoms with van der Waals surface area (Å²) in [5, 5.41) is 6.98. The van der Waals surface area contributed by atoms with Crippen molar-refractivity contribution in [1.29, 1.82) is 0 Å². The zero-order valence-electron chi connectivity index (χ0n) is 10.3. The molecule has 0 aromatic heterocycles. The van der Waals surface area contributed by atoms with E-state index in [1.807, 2.05) is 0 Å². The first-order valence-electron chi connectivity index (χ1n) is 6.44. The largest absolute Gasteiger partial charge is 0.380 e. The van der Waals surface area contributed by atoms with Gasteiger partial charge in [0.2, 0.25) is 0 Å². The molecule has 2 aliphatic heterocycles. The number of hydrogen-bond donors (Lipinski definition) is 2. The average molecular weight is 232 g/mol. The van der Waals surface area contributed by atoms with Gasteiger partial charge >= 0.3 is 0 Å². The van der Waals surface area contributed by atoms with Crippen molar-refractivity contribution in [2.75, 3.05) is 25.0 Å². The molecule has 3 rings (SSSR count). The minimum Gasteiger partial charge on any atom is -0.380 e. The Morgan fingerprint density at radius 1 is 1.47 bits per heavy atom. The molecule has 1 aromatic rings. The topological polar surface area (TPSA) is 33.3 Å². The summed E-state index contributed by atoms with van der Waals surface area (Å²) in [6, 6.07) is 9.00. The van der Waals surface area contributed by atoms with E-state index in [0.717, 1.165) is 32.5 Å². The molecule has 3 heteroatoms. The highest BCUT2D eigenvalue weighted by Gasteiger charge is 2.42. The van der Waals surface area contributed by atoms with Crippen molar-refractivity contribution < 1.29 is 4.74 Å². The van der Waals surface area contributed by atoms with Crippen molar-refractivity contribution in [3.8, 4) is 0 Å². The molecule has 2 heterocycles. The highest BCUT2D eigenvalue weighted by Crippen LogP contribution is 2.32. The Bertz CT molecular complexity index is 399. The van der Waals surface area contributed by atoms with Gasteiger partial charge in [-0.05, 0) is 37.6 Å². The van der Waals surface area contributed by atoms with E-state index in [1.165, 1.54) is 11.3 Å². The second-order valence-electron chi connectivity index (χ2n) is 5.34. The first kappa shape index (κ1) is 11.1. The molecule has 1 aromatic carbocycles. The molecule has 3 nitrogen and oxygen atoms in total. The number of benzene rings is 1. The number of ether oxygens (including phenoxy) is 1. The molecule has 2 N–H and O–H groups in total. The maximum absolute atomic E-state index is 5.99. The van der Waals surface area contributed by atoms with E-state index >= 15 is 0 Å². The lowest BCUT2D eigenvalue weighted by Gasteiger charge is -2.20. The second-order valence-corrected chi connectivity index (χ2v) is 5.34. The Labute approximate surface area is 103 Å². The summed E-state index contributed by atoms with van der Waals surface area (Å²) in [6.45, 7) is 5.06. The molecule has 1 spiro atoms. The lowest BCUT2D eigenvalue weighted by molar-refractivity contribution is 0.0214. The molecule has 2 atom stereocenters. The van der Waals surface area contributed by atoms with Crippen LogP contribution in [0.15, 0.2) is 24.3 Å². The van der Waals surface area contributed by atoms with E-state index in [2.05, 4.69) is 41.8 Å². The fourth-order valence-corrected chi connectivity index (χ4v) is 2.93. The van der Waals surface area contributed by atoms with Crippen LogP contribution in [-0.2, 0) is 4.74 Å². The van der Waals surface area contributed by atoms with E-state index < -0.39 is 0 Å². The van der Waals surface area contributed by atoms with Crippen LogP contribution in [0.25, 0.3) is 0 Å². The van der Waals surface area contributed by atoms with Crippen LogP contribution in [0.2, 0.25) is 0 Å². The Balaban J connectivity index is 1.64. The van der Waals surface area contributed by atoms with Crippen molar-refractivity contribution in [3.63, 3.8) is 0 Å². The van der Waals surface area contributed by atoms with Gasteiger partial charge in [0.05, 0.1) is 18.2 Å². The average Bonchev–Trinajstić information content (AvgIpc) is 2.90. The van der Waals surface area contributed by atoms with Crippen molar-refractivity contribution in [2.45, 2.75) is 31.4 Å². The van der Waals surface area contributed by atoms with Crippen molar-refractivity contribution >= 4 is 5.69 Å². The highest BCUT2D eigenvalue weighted by molar-refractivity contribution is 5.46. The summed E-state index contributed by atoms with van der Waals surface area (Å²) in [7, 11) is 0. The maximum atomic E-state index is 5.99. The zero-order valence-corrected chi connectivity index (χ0v) is 10.3. The molecule has 0 amide bonds. The smallest absolute Gasteiger partial charge is 0.0839 e. The van der Waals surface area contributed by atoms with Gasteiger partial charge in [-0.15, -0.1) is 0 Å². The monoisotopic (exact) mass is 232 g/mol. The predicted octanol–water partition coefficient (Wildman–Crippen LogP) is 1.93. The van der Waals surface area contributed by atoms with Gasteiger partial charge in [-0.1, -0.05) is 12.1 Å². The summed E-state index contributed by atoms with van der Waals surface area (Å²) >= 11 is 0. The third-order valence-corrected chi connectivity index (χ3v) is 3.80. The first-order chi connectivity index (χ1) is 8.26. The molecule has 0 saturated carbocycles. The fraction of sp³-hybridized carbons (Fsp3) is 0.571. The number of hydrogen-bond acceptors (Lipinski definition) is 3. The van der Waals surface area contributed by atoms with Crippen LogP contribution in [-0.4, -0.2) is 31.3 Å². The van der Waals surface area contributed by atoms with E-state index in [-0.39, 0.29) is 5.60 Å². The standard InChI is InChI=1S/C14H20N2O/c1-11-3-2-4-12(7-11)16-13-8-14(17-9-13)5-6-15-10-14/h2-4,7,13,15-16H,5-6,8-10H2,1H3/t13-,14+/m0/s1. The molecule has 17 heavy (non-hydrogen) atoms. The number of rotatable bonds is 2. The van der Waals surface area contributed by atoms with Gasteiger partial charge in [0.15, 0.2) is 0 Å². The lowest BCUT2D eigenvalue weighted by Crippen LogP contribution is -2.31. The van der Waals surface area contributed by atoms with Crippen molar-refractivity contribution in [2.24, 2.45) is 0 Å². The Morgan fingerprint density at radius 2 is 2.41 bits per heavy atom. The summed E-state index contributed by atoms with van der Waals surface area (Å²) in [5.41, 5.74) is 2.62. The lowest BCUT2D eigenvalue weighted by atomic mass is 9.97. The summed E-state index contributed by atoms with van der Waals surface area (Å²) in [6.07, 6.45) is 2.27. The van der Waals surface area contributed by atoms with E-state index in [0.29, 0.717) is 6.04 Å². The quantitative estimate of drug-likeness (QED) is 0.817. The molecule has 0 aliphatic carbocycles. The van der Waals surface area contributed by atoms with Gasteiger partial charge in [0, 0.05) is 18.7 Å². The van der Waals surface area contributed by atoms with Crippen LogP contribution in [0.4, 0.5) is 5.69 Å². The molecular formula is C14H20N2O. The van der Waals surface area contributed by atoms with Crippen LogP contribution in [0.5, 0.6) is 0 Å². The maximum Gasteiger partial charge on any atom is 0.0839 e. The Kier molecular flexibility index (Phi) is 2.81. The number of aryl methyl sites for hydroxylation is 1. The molecule has 0 unspecified atom stereocenters. The minimum absolute atomic E-state index is 0.113. The normalized spacial score (nSPS) is 32.2. The van der Waals surface area contributed by atoms with Crippen LogP contribution >= 0.6 is 0 Å². The molecule has 2 aliphatic rings. The van der Waals surface area contributed by atoms with Gasteiger partial charge in [0.1, 0.15) is 0 Å². The summed E-state index contributed by atoms with van der Waals surface area (Å²) < 4.78 is 5.99. The zero-order chi connectivity index (χ0) is 11.7. The van der Waals surface area contributed by atoms with Crippen LogP contribution in [0.1, 0.15) is 18.4 Å². The first-order valence-corrected chi connectivity index (χ1v) is 6.44. The van der Waals surface area contributed by atoms with Crippen LogP contribution in [0.3, 0.4) is 0 Å². The molecule has 0 bridgehead atoms. The van der Waals surface area contributed by atoms with E-state index in [9.17, 15) is 0 Å². The molecular weight excluding hydrogens is 212 g/mol. The third kappa shape index (κ3) is 2.31. The number of anilines is 1. The van der Waals surface area contributed by atoms with Crippen LogP contribution in [0, 0.1) is 6.92 Å². The van der Waals surface area contributed by atoms with E-state index in [1.54, 1.807) is 0 Å². The Morgan fingerprint density at radius 3 is 3.18 bits per heavy atom. The van der Waals surface area contributed by atoms with E-state index in [4.69, 9.17) is 4.74 Å². The highest BCUT2D eigenvalue weighted by atomic mass is 16.5. The van der Waals surface area contributed by atoms with Crippen molar-refractivity contribution in [3.05, 3.63) is 29.8 Å². The fourth-order valence-electron chi connectivity index (χ4n) is 2.93. The minimum atomic E-state index is 0.113. The number of nitrogens with one attached hydrogen (secondary N) is 2.